The molecule has 0 aliphatic carbocycles. The third-order valence-corrected chi connectivity index (χ3v) is 2.43. The fraction of sp³-hybridized carbons (Fsp3) is 0.462. The molecule has 6 nitrogen and oxygen atoms in total. The van der Waals surface area contributed by atoms with E-state index in [1.807, 2.05) is 30.3 Å². The Morgan fingerprint density at radius 2 is 1.89 bits per heavy atom. The Bertz CT molecular complexity index is 355. The SMILES string of the molecule is COC(CCNNC(=O)OCc1ccccc1)OC. The van der Waals surface area contributed by atoms with Crippen LogP contribution in [0.1, 0.15) is 12.0 Å². The molecule has 0 saturated heterocycles. The van der Waals surface area contributed by atoms with Gasteiger partial charge in [-0.1, -0.05) is 30.3 Å². The molecule has 0 aromatic heterocycles. The molecule has 0 aliphatic rings. The van der Waals surface area contributed by atoms with E-state index in [0.717, 1.165) is 5.56 Å². The summed E-state index contributed by atoms with van der Waals surface area (Å²) in [7, 11) is 3.13. The Morgan fingerprint density at radius 1 is 1.21 bits per heavy atom. The van der Waals surface area contributed by atoms with E-state index in [1.165, 1.54) is 0 Å². The van der Waals surface area contributed by atoms with Gasteiger partial charge in [-0.25, -0.2) is 10.2 Å². The number of hydrazine groups is 1. The fourth-order valence-corrected chi connectivity index (χ4v) is 1.42. The van der Waals surface area contributed by atoms with E-state index in [2.05, 4.69) is 10.9 Å². The first kappa shape index (κ1) is 15.4. The Morgan fingerprint density at radius 3 is 2.53 bits per heavy atom. The van der Waals surface area contributed by atoms with Crippen molar-refractivity contribution in [1.82, 2.24) is 10.9 Å². The molecule has 1 amide bonds. The quantitative estimate of drug-likeness (QED) is 0.424. The Hall–Kier alpha value is -1.63. The summed E-state index contributed by atoms with van der Waals surface area (Å²) in [5.74, 6) is 0. The molecule has 0 aliphatic heterocycles. The topological polar surface area (TPSA) is 68.8 Å². The highest BCUT2D eigenvalue weighted by Crippen LogP contribution is 2.00. The second-order valence-corrected chi connectivity index (χ2v) is 3.80. The minimum Gasteiger partial charge on any atom is -0.444 e. The van der Waals surface area contributed by atoms with Gasteiger partial charge in [-0.15, -0.1) is 0 Å². The molecular weight excluding hydrogens is 248 g/mol. The predicted molar refractivity (Wildman–Crippen MR) is 70.2 cm³/mol. The molecule has 19 heavy (non-hydrogen) atoms. The molecule has 1 rings (SSSR count). The number of amides is 1. The Balaban J connectivity index is 2.08. The zero-order valence-electron chi connectivity index (χ0n) is 11.2. The lowest BCUT2D eigenvalue weighted by Gasteiger charge is -2.13. The number of hydrogen-bond donors (Lipinski definition) is 2. The van der Waals surface area contributed by atoms with E-state index < -0.39 is 6.09 Å². The molecule has 1 aromatic carbocycles. The second-order valence-electron chi connectivity index (χ2n) is 3.80. The summed E-state index contributed by atoms with van der Waals surface area (Å²) in [5.41, 5.74) is 6.11. The van der Waals surface area contributed by atoms with Crippen molar-refractivity contribution in [3.63, 3.8) is 0 Å². The van der Waals surface area contributed by atoms with Crippen LogP contribution in [0.2, 0.25) is 0 Å². The first-order chi connectivity index (χ1) is 9.26. The van der Waals surface area contributed by atoms with Crippen LogP contribution in [-0.4, -0.2) is 33.1 Å². The number of rotatable bonds is 8. The van der Waals surface area contributed by atoms with Gasteiger partial charge in [-0.05, 0) is 5.56 Å². The van der Waals surface area contributed by atoms with E-state index in [-0.39, 0.29) is 12.9 Å². The average Bonchev–Trinajstić information content (AvgIpc) is 2.46. The summed E-state index contributed by atoms with van der Waals surface area (Å²) in [4.78, 5) is 11.3. The minimum atomic E-state index is -0.518. The summed E-state index contributed by atoms with van der Waals surface area (Å²) in [6.07, 6.45) is -0.184. The van der Waals surface area contributed by atoms with Crippen molar-refractivity contribution < 1.29 is 19.0 Å². The van der Waals surface area contributed by atoms with Gasteiger partial charge in [0, 0.05) is 27.2 Å². The van der Waals surface area contributed by atoms with Gasteiger partial charge in [0.1, 0.15) is 6.61 Å². The molecule has 2 N–H and O–H groups in total. The van der Waals surface area contributed by atoms with Crippen LogP contribution in [0.5, 0.6) is 0 Å². The molecule has 0 fully saturated rings. The van der Waals surface area contributed by atoms with Crippen molar-refractivity contribution in [1.29, 1.82) is 0 Å². The summed E-state index contributed by atoms with van der Waals surface area (Å²) >= 11 is 0. The maximum absolute atomic E-state index is 11.3. The van der Waals surface area contributed by atoms with E-state index in [1.54, 1.807) is 14.2 Å². The van der Waals surface area contributed by atoms with Gasteiger partial charge >= 0.3 is 6.09 Å². The molecule has 0 spiro atoms. The van der Waals surface area contributed by atoms with E-state index in [0.29, 0.717) is 13.0 Å². The van der Waals surface area contributed by atoms with Gasteiger partial charge in [-0.2, -0.15) is 0 Å². The van der Waals surface area contributed by atoms with Gasteiger partial charge in [-0.3, -0.25) is 5.43 Å². The summed E-state index contributed by atoms with van der Waals surface area (Å²) in [6.45, 7) is 0.764. The molecule has 0 saturated carbocycles. The van der Waals surface area contributed by atoms with Crippen LogP contribution in [0, 0.1) is 0 Å². The fourth-order valence-electron chi connectivity index (χ4n) is 1.42. The van der Waals surface area contributed by atoms with E-state index in [4.69, 9.17) is 14.2 Å². The average molecular weight is 268 g/mol. The van der Waals surface area contributed by atoms with Gasteiger partial charge < -0.3 is 14.2 Å². The van der Waals surface area contributed by atoms with Crippen LogP contribution in [-0.2, 0) is 20.8 Å². The second kappa shape index (κ2) is 9.32. The normalized spacial score (nSPS) is 10.5. The van der Waals surface area contributed by atoms with Gasteiger partial charge in [0.15, 0.2) is 6.29 Å². The summed E-state index contributed by atoms with van der Waals surface area (Å²) in [5, 5.41) is 0. The number of hydrogen-bond acceptors (Lipinski definition) is 5. The molecule has 0 atom stereocenters. The monoisotopic (exact) mass is 268 g/mol. The smallest absolute Gasteiger partial charge is 0.421 e. The van der Waals surface area contributed by atoms with Crippen molar-refractivity contribution in [2.45, 2.75) is 19.3 Å². The minimum absolute atomic E-state index is 0.243. The lowest BCUT2D eigenvalue weighted by molar-refractivity contribution is -0.105. The highest BCUT2D eigenvalue weighted by atomic mass is 16.7. The Labute approximate surface area is 113 Å². The van der Waals surface area contributed by atoms with Crippen LogP contribution >= 0.6 is 0 Å². The highest BCUT2D eigenvalue weighted by molar-refractivity contribution is 5.66. The first-order valence-corrected chi connectivity index (χ1v) is 6.01. The third kappa shape index (κ3) is 6.76. The predicted octanol–water partition coefficient (Wildman–Crippen LogP) is 1.43. The van der Waals surface area contributed by atoms with Gasteiger partial charge in [0.2, 0.25) is 0 Å². The van der Waals surface area contributed by atoms with E-state index in [9.17, 15) is 4.79 Å². The third-order valence-electron chi connectivity index (χ3n) is 2.43. The highest BCUT2D eigenvalue weighted by Gasteiger charge is 2.05. The number of nitrogens with one attached hydrogen (secondary N) is 2. The van der Waals surface area contributed by atoms with Crippen molar-refractivity contribution >= 4 is 6.09 Å². The number of methoxy groups -OCH3 is 2. The van der Waals surface area contributed by atoms with Crippen LogP contribution < -0.4 is 10.9 Å². The molecule has 0 unspecified atom stereocenters. The Kier molecular flexibility index (Phi) is 7.57. The van der Waals surface area contributed by atoms with Gasteiger partial charge in [0.05, 0.1) is 0 Å². The number of carbonyl (C=O) groups is 1. The standard InChI is InChI=1S/C13H20N2O4/c1-17-12(18-2)8-9-14-15-13(16)19-10-11-6-4-3-5-7-11/h3-7,12,14H,8-10H2,1-2H3,(H,15,16). The van der Waals surface area contributed by atoms with Crippen molar-refractivity contribution in [2.24, 2.45) is 0 Å². The first-order valence-electron chi connectivity index (χ1n) is 6.01. The molecule has 0 bridgehead atoms. The van der Waals surface area contributed by atoms with Crippen LogP contribution in [0.3, 0.4) is 0 Å². The molecule has 1 aromatic rings. The van der Waals surface area contributed by atoms with Crippen molar-refractivity contribution in [2.75, 3.05) is 20.8 Å². The maximum atomic E-state index is 11.3. The van der Waals surface area contributed by atoms with Crippen molar-refractivity contribution in [3.8, 4) is 0 Å². The maximum Gasteiger partial charge on any atom is 0.421 e. The lowest BCUT2D eigenvalue weighted by Crippen LogP contribution is -2.39. The largest absolute Gasteiger partial charge is 0.444 e. The van der Waals surface area contributed by atoms with Gasteiger partial charge in [0.25, 0.3) is 0 Å². The van der Waals surface area contributed by atoms with Crippen molar-refractivity contribution in [3.05, 3.63) is 35.9 Å². The summed E-state index contributed by atoms with van der Waals surface area (Å²) in [6, 6.07) is 9.48. The zero-order valence-corrected chi connectivity index (χ0v) is 11.2. The number of ether oxygens (including phenoxy) is 3. The number of carbonyl (C=O) groups excluding carboxylic acids is 1. The molecule has 0 radical (unpaired) electrons. The van der Waals surface area contributed by atoms with Crippen LogP contribution in [0.4, 0.5) is 4.79 Å². The molecular formula is C13H20N2O4. The van der Waals surface area contributed by atoms with E-state index >= 15 is 0 Å². The molecule has 106 valence electrons. The lowest BCUT2D eigenvalue weighted by atomic mass is 10.2. The molecule has 0 heterocycles. The van der Waals surface area contributed by atoms with Crippen LogP contribution in [0.15, 0.2) is 30.3 Å². The molecule has 6 heteroatoms. The zero-order chi connectivity index (χ0) is 13.9. The number of benzene rings is 1. The van der Waals surface area contributed by atoms with Crippen LogP contribution in [0.25, 0.3) is 0 Å². The summed E-state index contributed by atoms with van der Waals surface area (Å²) < 4.78 is 15.0.